The maximum Gasteiger partial charge on any atom is 0.123 e. The fourth-order valence-electron chi connectivity index (χ4n) is 1.77. The van der Waals surface area contributed by atoms with Crippen LogP contribution in [0.2, 0.25) is 0 Å². The Morgan fingerprint density at radius 2 is 2.00 bits per heavy atom. The lowest BCUT2D eigenvalue weighted by Gasteiger charge is -2.24. The lowest BCUT2D eigenvalue weighted by atomic mass is 9.88. The van der Waals surface area contributed by atoms with E-state index in [1.165, 1.54) is 18.5 Å². The highest BCUT2D eigenvalue weighted by atomic mass is 19.1. The summed E-state index contributed by atoms with van der Waals surface area (Å²) >= 11 is 0. The molecule has 0 bridgehead atoms. The molecule has 1 heterocycles. The number of benzene rings is 1. The van der Waals surface area contributed by atoms with Crippen molar-refractivity contribution in [2.75, 3.05) is 0 Å². The Hall–Kier alpha value is -1.81. The molecule has 1 aromatic heterocycles. The zero-order chi connectivity index (χ0) is 12.3. The van der Waals surface area contributed by atoms with Gasteiger partial charge in [0.1, 0.15) is 12.1 Å². The Labute approximate surface area is 99.5 Å². The van der Waals surface area contributed by atoms with Crippen molar-refractivity contribution in [3.63, 3.8) is 0 Å². The number of nitrogens with zero attached hydrogens (tertiary/aromatic N) is 2. The Morgan fingerprint density at radius 3 is 2.65 bits per heavy atom. The van der Waals surface area contributed by atoms with Crippen LogP contribution in [-0.2, 0) is 12.0 Å². The van der Waals surface area contributed by atoms with Gasteiger partial charge < -0.3 is 5.73 Å². The molecule has 2 aromatic rings. The van der Waals surface area contributed by atoms with Gasteiger partial charge in [-0.05, 0) is 31.0 Å². The minimum atomic E-state index is -0.602. The molecule has 2 rings (SSSR count). The average molecular weight is 231 g/mol. The molecule has 3 nitrogen and oxygen atoms in total. The molecular weight excluding hydrogens is 217 g/mol. The Bertz CT molecular complexity index is 497. The normalized spacial score (nSPS) is 14.3. The molecule has 0 fully saturated rings. The van der Waals surface area contributed by atoms with Gasteiger partial charge in [0.2, 0.25) is 0 Å². The second-order valence-electron chi connectivity index (χ2n) is 4.35. The number of nitrogens with two attached hydrogens (primary N) is 1. The van der Waals surface area contributed by atoms with Gasteiger partial charge in [0, 0.05) is 23.5 Å². The molecule has 0 aliphatic carbocycles. The standard InChI is InChI=1S/C13H14FN3/c1-13(15,11-7-16-9-17-8-11)6-10-3-2-4-12(14)5-10/h2-5,7-9H,6,15H2,1H3. The lowest BCUT2D eigenvalue weighted by molar-refractivity contribution is 0.485. The van der Waals surface area contributed by atoms with E-state index in [4.69, 9.17) is 5.73 Å². The summed E-state index contributed by atoms with van der Waals surface area (Å²) in [7, 11) is 0. The smallest absolute Gasteiger partial charge is 0.123 e. The van der Waals surface area contributed by atoms with Gasteiger partial charge in [0.05, 0.1) is 0 Å². The second kappa shape index (κ2) is 4.59. The summed E-state index contributed by atoms with van der Waals surface area (Å²) in [6.07, 6.45) is 5.37. The summed E-state index contributed by atoms with van der Waals surface area (Å²) in [5.41, 5.74) is 7.31. The molecule has 88 valence electrons. The van der Waals surface area contributed by atoms with Crippen LogP contribution in [0.1, 0.15) is 18.1 Å². The lowest BCUT2D eigenvalue weighted by Crippen LogP contribution is -2.35. The number of aromatic nitrogens is 2. The van der Waals surface area contributed by atoms with Crippen LogP contribution < -0.4 is 5.73 Å². The molecule has 0 saturated heterocycles. The van der Waals surface area contributed by atoms with Gasteiger partial charge in [0.15, 0.2) is 0 Å². The first-order valence-electron chi connectivity index (χ1n) is 5.37. The van der Waals surface area contributed by atoms with Crippen LogP contribution in [0.5, 0.6) is 0 Å². The van der Waals surface area contributed by atoms with Gasteiger partial charge in [0.25, 0.3) is 0 Å². The van der Waals surface area contributed by atoms with Crippen molar-refractivity contribution in [1.29, 1.82) is 0 Å². The maximum atomic E-state index is 13.1. The fraction of sp³-hybridized carbons (Fsp3) is 0.231. The van der Waals surface area contributed by atoms with E-state index < -0.39 is 5.54 Å². The van der Waals surface area contributed by atoms with Crippen molar-refractivity contribution in [2.24, 2.45) is 5.73 Å². The molecule has 0 amide bonds. The van der Waals surface area contributed by atoms with Gasteiger partial charge in [-0.3, -0.25) is 0 Å². The van der Waals surface area contributed by atoms with Gasteiger partial charge in [-0.15, -0.1) is 0 Å². The minimum Gasteiger partial charge on any atom is -0.321 e. The SMILES string of the molecule is CC(N)(Cc1cccc(F)c1)c1cncnc1. The number of rotatable bonds is 3. The van der Waals surface area contributed by atoms with E-state index in [0.29, 0.717) is 6.42 Å². The Morgan fingerprint density at radius 1 is 1.29 bits per heavy atom. The summed E-state index contributed by atoms with van der Waals surface area (Å²) in [5.74, 6) is -0.248. The zero-order valence-electron chi connectivity index (χ0n) is 9.60. The molecule has 0 saturated carbocycles. The van der Waals surface area contributed by atoms with E-state index in [1.54, 1.807) is 18.5 Å². The molecule has 0 spiro atoms. The third-order valence-corrected chi connectivity index (χ3v) is 2.68. The third-order valence-electron chi connectivity index (χ3n) is 2.68. The highest BCUT2D eigenvalue weighted by Crippen LogP contribution is 2.21. The first kappa shape index (κ1) is 11.7. The van der Waals surface area contributed by atoms with E-state index in [1.807, 2.05) is 13.0 Å². The molecule has 1 unspecified atom stereocenters. The minimum absolute atomic E-state index is 0.248. The summed E-state index contributed by atoms with van der Waals surface area (Å²) in [6.45, 7) is 1.89. The summed E-state index contributed by atoms with van der Waals surface area (Å²) in [4.78, 5) is 7.89. The molecule has 1 aromatic carbocycles. The number of hydrogen-bond donors (Lipinski definition) is 1. The van der Waals surface area contributed by atoms with Gasteiger partial charge in [-0.25, -0.2) is 14.4 Å². The Balaban J connectivity index is 2.23. The van der Waals surface area contributed by atoms with Gasteiger partial charge >= 0.3 is 0 Å². The average Bonchev–Trinajstić information content (AvgIpc) is 2.29. The topological polar surface area (TPSA) is 51.8 Å². The van der Waals surface area contributed by atoms with Crippen molar-refractivity contribution in [3.8, 4) is 0 Å². The van der Waals surface area contributed by atoms with Crippen LogP contribution in [-0.4, -0.2) is 9.97 Å². The van der Waals surface area contributed by atoms with Crippen LogP contribution in [0.15, 0.2) is 43.0 Å². The van der Waals surface area contributed by atoms with Crippen LogP contribution in [0.25, 0.3) is 0 Å². The molecule has 17 heavy (non-hydrogen) atoms. The van der Waals surface area contributed by atoms with E-state index in [9.17, 15) is 4.39 Å². The highest BCUT2D eigenvalue weighted by molar-refractivity contribution is 5.24. The first-order chi connectivity index (χ1) is 8.08. The molecule has 0 aliphatic rings. The molecule has 0 aliphatic heterocycles. The summed E-state index contributed by atoms with van der Waals surface area (Å²) in [6, 6.07) is 6.46. The molecule has 2 N–H and O–H groups in total. The summed E-state index contributed by atoms with van der Waals surface area (Å²) in [5, 5.41) is 0. The van der Waals surface area contributed by atoms with Crippen molar-refractivity contribution in [1.82, 2.24) is 9.97 Å². The molecule has 1 atom stereocenters. The van der Waals surface area contributed by atoms with Gasteiger partial charge in [-0.1, -0.05) is 12.1 Å². The third kappa shape index (κ3) is 2.85. The Kier molecular flexibility index (Phi) is 3.15. The van der Waals surface area contributed by atoms with E-state index in [-0.39, 0.29) is 5.82 Å². The predicted octanol–water partition coefficient (Wildman–Crippen LogP) is 2.03. The van der Waals surface area contributed by atoms with Crippen LogP contribution >= 0.6 is 0 Å². The number of hydrogen-bond acceptors (Lipinski definition) is 3. The van der Waals surface area contributed by atoms with Crippen LogP contribution in [0.3, 0.4) is 0 Å². The van der Waals surface area contributed by atoms with Crippen molar-refractivity contribution in [2.45, 2.75) is 18.9 Å². The van der Waals surface area contributed by atoms with E-state index in [0.717, 1.165) is 11.1 Å². The van der Waals surface area contributed by atoms with E-state index >= 15 is 0 Å². The zero-order valence-corrected chi connectivity index (χ0v) is 9.60. The maximum absolute atomic E-state index is 13.1. The quantitative estimate of drug-likeness (QED) is 0.879. The predicted molar refractivity (Wildman–Crippen MR) is 63.7 cm³/mol. The first-order valence-corrected chi connectivity index (χ1v) is 5.37. The van der Waals surface area contributed by atoms with Crippen LogP contribution in [0, 0.1) is 5.82 Å². The van der Waals surface area contributed by atoms with E-state index in [2.05, 4.69) is 9.97 Å². The van der Waals surface area contributed by atoms with Crippen molar-refractivity contribution in [3.05, 3.63) is 59.9 Å². The second-order valence-corrected chi connectivity index (χ2v) is 4.35. The monoisotopic (exact) mass is 231 g/mol. The summed E-state index contributed by atoms with van der Waals surface area (Å²) < 4.78 is 13.1. The van der Waals surface area contributed by atoms with Crippen molar-refractivity contribution >= 4 is 0 Å². The highest BCUT2D eigenvalue weighted by Gasteiger charge is 2.22. The fourth-order valence-corrected chi connectivity index (χ4v) is 1.77. The van der Waals surface area contributed by atoms with Crippen molar-refractivity contribution < 1.29 is 4.39 Å². The van der Waals surface area contributed by atoms with Crippen LogP contribution in [0.4, 0.5) is 4.39 Å². The largest absolute Gasteiger partial charge is 0.321 e. The van der Waals surface area contributed by atoms with Gasteiger partial charge in [-0.2, -0.15) is 0 Å². The molecule has 0 radical (unpaired) electrons. The number of halogens is 1. The molecule has 4 heteroatoms. The molecular formula is C13H14FN3.